The Balaban J connectivity index is 0.000000464. The normalized spacial score (nSPS) is 13.5. The van der Waals surface area contributed by atoms with Crippen molar-refractivity contribution in [3.05, 3.63) is 41.5 Å². The van der Waals surface area contributed by atoms with E-state index in [0.717, 1.165) is 37.4 Å². The Labute approximate surface area is 192 Å². The van der Waals surface area contributed by atoms with Crippen LogP contribution >= 0.6 is 11.3 Å². The van der Waals surface area contributed by atoms with Gasteiger partial charge in [-0.15, -0.1) is 11.3 Å². The number of carbonyl (C=O) groups excluding carboxylic acids is 1. The van der Waals surface area contributed by atoms with Gasteiger partial charge in [-0.05, 0) is 24.3 Å². The molecule has 1 aliphatic rings. The largest absolute Gasteiger partial charge is 0.379 e. The topological polar surface area (TPSA) is 73.1 Å². The second-order valence-electron chi connectivity index (χ2n) is 6.79. The molecule has 0 atom stereocenters. The molecular weight excluding hydrogens is 455 g/mol. The second-order valence-corrected chi connectivity index (χ2v) is 7.82. The molecule has 0 N–H and O–H groups in total. The fourth-order valence-electron chi connectivity index (χ4n) is 3.28. The lowest BCUT2D eigenvalue weighted by atomic mass is 10.1. The van der Waals surface area contributed by atoms with Crippen LogP contribution in [0.5, 0.6) is 0 Å². The van der Waals surface area contributed by atoms with Crippen LogP contribution in [0.25, 0.3) is 32.5 Å². The number of alkyl halides is 3. The third kappa shape index (κ3) is 6.05. The van der Waals surface area contributed by atoms with E-state index in [9.17, 15) is 18.0 Å². The molecule has 0 saturated carbocycles. The monoisotopic (exact) mass is 479 g/mol. The van der Waals surface area contributed by atoms with E-state index in [2.05, 4.69) is 10.1 Å². The van der Waals surface area contributed by atoms with Gasteiger partial charge in [0, 0.05) is 48.9 Å². The van der Waals surface area contributed by atoms with Gasteiger partial charge in [-0.1, -0.05) is 13.8 Å². The van der Waals surface area contributed by atoms with Crippen molar-refractivity contribution < 1.29 is 22.7 Å². The molecule has 0 aromatic carbocycles. The molecule has 0 radical (unpaired) electrons. The zero-order valence-corrected chi connectivity index (χ0v) is 19.3. The van der Waals surface area contributed by atoms with Gasteiger partial charge in [0.15, 0.2) is 5.65 Å². The van der Waals surface area contributed by atoms with Crippen LogP contribution in [0.4, 0.5) is 13.2 Å². The molecule has 5 heterocycles. The number of rotatable bonds is 2. The van der Waals surface area contributed by atoms with Gasteiger partial charge in [0.25, 0.3) is 5.91 Å². The van der Waals surface area contributed by atoms with E-state index in [1.165, 1.54) is 11.3 Å². The summed E-state index contributed by atoms with van der Waals surface area (Å²) in [5, 5.41) is 6.26. The van der Waals surface area contributed by atoms with Crippen molar-refractivity contribution in [2.24, 2.45) is 7.05 Å². The Bertz CT molecular complexity index is 1220. The van der Waals surface area contributed by atoms with Gasteiger partial charge in [0.1, 0.15) is 4.83 Å². The molecule has 1 amide bonds. The first-order chi connectivity index (χ1) is 15.9. The van der Waals surface area contributed by atoms with Crippen molar-refractivity contribution in [3.63, 3.8) is 0 Å². The summed E-state index contributed by atoms with van der Waals surface area (Å²) in [4.78, 5) is 25.3. The number of amides is 1. The molecular formula is C22H24F3N5O2S. The van der Waals surface area contributed by atoms with Gasteiger partial charge in [-0.3, -0.25) is 9.48 Å². The number of hydrogen-bond acceptors (Lipinski definition) is 6. The third-order valence-corrected chi connectivity index (χ3v) is 5.69. The Morgan fingerprint density at radius 1 is 1.12 bits per heavy atom. The summed E-state index contributed by atoms with van der Waals surface area (Å²) >= 11 is 1.44. The van der Waals surface area contributed by atoms with E-state index < -0.39 is 6.68 Å². The summed E-state index contributed by atoms with van der Waals surface area (Å²) in [6.07, 6.45) is 3.73. The second kappa shape index (κ2) is 11.2. The molecule has 4 aromatic rings. The van der Waals surface area contributed by atoms with Gasteiger partial charge in [0.05, 0.1) is 23.8 Å². The molecule has 176 valence electrons. The Hall–Kier alpha value is -3.05. The molecule has 0 unspecified atom stereocenters. The van der Waals surface area contributed by atoms with Gasteiger partial charge in [-0.2, -0.15) is 18.3 Å². The van der Waals surface area contributed by atoms with Crippen LogP contribution in [-0.2, 0) is 11.8 Å². The minimum Gasteiger partial charge on any atom is -0.378 e. The van der Waals surface area contributed by atoms with E-state index in [1.54, 1.807) is 10.9 Å². The molecule has 0 bridgehead atoms. The summed E-state index contributed by atoms with van der Waals surface area (Å²) < 4.78 is 36.1. The summed E-state index contributed by atoms with van der Waals surface area (Å²) in [6, 6.07) is 7.95. The number of aromatic nitrogens is 4. The summed E-state index contributed by atoms with van der Waals surface area (Å²) in [6.45, 7) is 2.82. The number of fused-ring (bicyclic) bond motifs is 2. The van der Waals surface area contributed by atoms with Gasteiger partial charge < -0.3 is 9.64 Å². The lowest BCUT2D eigenvalue weighted by molar-refractivity contribution is 0.00818. The molecule has 1 aliphatic heterocycles. The lowest BCUT2D eigenvalue weighted by Crippen LogP contribution is -2.40. The van der Waals surface area contributed by atoms with E-state index in [-0.39, 0.29) is 5.91 Å². The third-order valence-electron chi connectivity index (χ3n) is 4.66. The van der Waals surface area contributed by atoms with Crippen LogP contribution < -0.4 is 0 Å². The highest BCUT2D eigenvalue weighted by molar-refractivity contribution is 7.20. The maximum atomic E-state index is 12.7. The smallest absolute Gasteiger partial charge is 0.378 e. The number of halogens is 3. The van der Waals surface area contributed by atoms with Crippen LogP contribution in [0.1, 0.15) is 23.5 Å². The molecule has 0 aliphatic carbocycles. The van der Waals surface area contributed by atoms with Crippen molar-refractivity contribution in [2.75, 3.05) is 26.3 Å². The van der Waals surface area contributed by atoms with E-state index >= 15 is 0 Å². The lowest BCUT2D eigenvalue weighted by Gasteiger charge is -2.26. The van der Waals surface area contributed by atoms with Gasteiger partial charge >= 0.3 is 6.68 Å². The number of ether oxygens (including phenoxy) is 1. The molecule has 33 heavy (non-hydrogen) atoms. The van der Waals surface area contributed by atoms with Crippen LogP contribution in [0, 0.1) is 0 Å². The van der Waals surface area contributed by atoms with Gasteiger partial charge in [-0.25, -0.2) is 9.97 Å². The van der Waals surface area contributed by atoms with E-state index in [1.807, 2.05) is 56.3 Å². The number of carbonyl (C=O) groups is 1. The van der Waals surface area contributed by atoms with Crippen LogP contribution in [0.15, 0.2) is 36.7 Å². The molecule has 0 spiro atoms. The molecule has 7 nitrogen and oxygen atoms in total. The molecule has 5 rings (SSSR count). The fourth-order valence-corrected chi connectivity index (χ4v) is 4.28. The summed E-state index contributed by atoms with van der Waals surface area (Å²) in [5.41, 5.74) is 2.50. The minimum atomic E-state index is -3.67. The fraction of sp³-hybridized carbons (Fsp3) is 0.364. The average molecular weight is 480 g/mol. The first-order valence-corrected chi connectivity index (χ1v) is 11.2. The molecule has 1 saturated heterocycles. The Kier molecular flexibility index (Phi) is 8.34. The van der Waals surface area contributed by atoms with E-state index in [4.69, 9.17) is 9.72 Å². The Morgan fingerprint density at radius 2 is 1.82 bits per heavy atom. The standard InChI is InChI=1S/C19H17N5O2S.C2H6.CHF3/c1-23-11-14-8-13(10-20-17(14)22-23)15-3-2-12-9-16(27-18(12)21-15)19(25)24-4-6-26-7-5-24;1-2;2-1(3)4/h2-3,8-11H,4-7H2,1H3;1-2H3;1H. The maximum Gasteiger partial charge on any atom is 0.379 e. The molecule has 1 fully saturated rings. The average Bonchev–Trinajstić information content (AvgIpc) is 3.41. The first kappa shape index (κ1) is 24.6. The predicted octanol–water partition coefficient (Wildman–Crippen LogP) is 4.92. The number of thiophene rings is 1. The Morgan fingerprint density at radius 3 is 2.52 bits per heavy atom. The SMILES string of the molecule is CC.Cn1cc2cc(-c3ccc4cc(C(=O)N5CCOCC5)sc4n3)cnc2n1.FC(F)F. The molecule has 11 heteroatoms. The van der Waals surface area contributed by atoms with Crippen molar-refractivity contribution in [3.8, 4) is 11.3 Å². The maximum absolute atomic E-state index is 12.7. The molecule has 4 aromatic heterocycles. The van der Waals surface area contributed by atoms with Crippen LogP contribution in [-0.4, -0.2) is 63.5 Å². The van der Waals surface area contributed by atoms with Crippen molar-refractivity contribution in [2.45, 2.75) is 20.5 Å². The highest BCUT2D eigenvalue weighted by Gasteiger charge is 2.21. The summed E-state index contributed by atoms with van der Waals surface area (Å²) in [5.74, 6) is 0.0568. The minimum absolute atomic E-state index is 0.0568. The number of hydrogen-bond donors (Lipinski definition) is 0. The number of nitrogens with zero attached hydrogens (tertiary/aromatic N) is 5. The van der Waals surface area contributed by atoms with Crippen molar-refractivity contribution in [1.82, 2.24) is 24.6 Å². The highest BCUT2D eigenvalue weighted by Crippen LogP contribution is 2.29. The number of aryl methyl sites for hydroxylation is 1. The first-order valence-electron chi connectivity index (χ1n) is 10.4. The number of pyridine rings is 2. The zero-order valence-electron chi connectivity index (χ0n) is 18.5. The van der Waals surface area contributed by atoms with Crippen molar-refractivity contribution in [1.29, 1.82) is 0 Å². The predicted molar refractivity (Wildman–Crippen MR) is 122 cm³/mol. The van der Waals surface area contributed by atoms with Crippen molar-refractivity contribution >= 4 is 38.5 Å². The van der Waals surface area contributed by atoms with Crippen LogP contribution in [0.2, 0.25) is 0 Å². The van der Waals surface area contributed by atoms with E-state index in [0.29, 0.717) is 26.3 Å². The van der Waals surface area contributed by atoms with Crippen LogP contribution in [0.3, 0.4) is 0 Å². The quantitative estimate of drug-likeness (QED) is 0.408. The highest BCUT2D eigenvalue weighted by atomic mass is 32.1. The number of morpholine rings is 1. The van der Waals surface area contributed by atoms with Gasteiger partial charge in [0.2, 0.25) is 0 Å². The zero-order chi connectivity index (χ0) is 24.0. The summed E-state index contributed by atoms with van der Waals surface area (Å²) in [7, 11) is 1.88.